The van der Waals surface area contributed by atoms with Crippen LogP contribution < -0.4 is 10.5 Å². The Hall–Kier alpha value is -1.75. The summed E-state index contributed by atoms with van der Waals surface area (Å²) in [5.74, 6) is 1.10. The number of hydrogen-bond acceptors (Lipinski definition) is 4. The Morgan fingerprint density at radius 1 is 1.44 bits per heavy atom. The lowest BCUT2D eigenvalue weighted by atomic mass is 10.1. The first kappa shape index (κ1) is 14.3. The monoisotopic (exact) mass is 252 g/mol. The summed E-state index contributed by atoms with van der Waals surface area (Å²) in [5.41, 5.74) is 7.10. The van der Waals surface area contributed by atoms with Gasteiger partial charge < -0.3 is 20.4 Å². The fourth-order valence-corrected chi connectivity index (χ4v) is 1.50. The molecule has 0 aliphatic carbocycles. The van der Waals surface area contributed by atoms with E-state index in [1.165, 1.54) is 0 Å². The molecule has 0 aliphatic rings. The van der Waals surface area contributed by atoms with Gasteiger partial charge in [0, 0.05) is 6.61 Å². The summed E-state index contributed by atoms with van der Waals surface area (Å²) in [4.78, 5) is 0. The van der Waals surface area contributed by atoms with Crippen LogP contribution in [0.2, 0.25) is 0 Å². The van der Waals surface area contributed by atoms with Crippen LogP contribution in [0.15, 0.2) is 23.4 Å². The fraction of sp³-hybridized carbons (Fsp3) is 0.462. The summed E-state index contributed by atoms with van der Waals surface area (Å²) < 4.78 is 10.7. The van der Waals surface area contributed by atoms with Crippen LogP contribution in [0, 0.1) is 5.92 Å². The standard InChI is InChI=1S/C13H20N2O3/c1-9(2)7-18-8-10-4-5-11(13(14)15-16)12(6-10)17-3/h4-6,9,16H,7-8H2,1-3H3,(H2,14,15). The van der Waals surface area contributed by atoms with Crippen molar-refractivity contribution >= 4 is 5.84 Å². The normalized spacial score (nSPS) is 11.9. The predicted octanol–water partition coefficient (Wildman–Crippen LogP) is 1.96. The molecule has 3 N–H and O–H groups in total. The van der Waals surface area contributed by atoms with Crippen molar-refractivity contribution in [3.8, 4) is 5.75 Å². The van der Waals surface area contributed by atoms with Crippen LogP contribution in [0.4, 0.5) is 0 Å². The Morgan fingerprint density at radius 3 is 2.72 bits per heavy atom. The number of amidine groups is 1. The van der Waals surface area contributed by atoms with E-state index >= 15 is 0 Å². The fourth-order valence-electron chi connectivity index (χ4n) is 1.50. The van der Waals surface area contributed by atoms with Crippen molar-refractivity contribution in [2.45, 2.75) is 20.5 Å². The molecule has 0 saturated carbocycles. The number of rotatable bonds is 6. The average molecular weight is 252 g/mol. The third-order valence-corrected chi connectivity index (χ3v) is 2.37. The molecular weight excluding hydrogens is 232 g/mol. The Balaban J connectivity index is 2.79. The maximum atomic E-state index is 8.66. The third-order valence-electron chi connectivity index (χ3n) is 2.37. The molecule has 1 aromatic rings. The van der Waals surface area contributed by atoms with Crippen molar-refractivity contribution in [2.24, 2.45) is 16.8 Å². The second-order valence-corrected chi connectivity index (χ2v) is 4.43. The summed E-state index contributed by atoms with van der Waals surface area (Å²) in [6.07, 6.45) is 0. The molecule has 0 aromatic heterocycles. The lowest BCUT2D eigenvalue weighted by molar-refractivity contribution is 0.0969. The summed E-state index contributed by atoms with van der Waals surface area (Å²) >= 11 is 0. The van der Waals surface area contributed by atoms with Crippen LogP contribution >= 0.6 is 0 Å². The molecule has 0 heterocycles. The van der Waals surface area contributed by atoms with Gasteiger partial charge in [-0.2, -0.15) is 0 Å². The number of methoxy groups -OCH3 is 1. The number of benzene rings is 1. The summed E-state index contributed by atoms with van der Waals surface area (Å²) in [7, 11) is 1.54. The number of oxime groups is 1. The van der Waals surface area contributed by atoms with Crippen LogP contribution in [0.1, 0.15) is 25.0 Å². The van der Waals surface area contributed by atoms with E-state index in [4.69, 9.17) is 20.4 Å². The Bertz CT molecular complexity index is 417. The average Bonchev–Trinajstić information content (AvgIpc) is 2.37. The molecule has 1 aromatic carbocycles. The minimum atomic E-state index is 0.0292. The van der Waals surface area contributed by atoms with Gasteiger partial charge in [-0.25, -0.2) is 0 Å². The number of nitrogens with zero attached hydrogens (tertiary/aromatic N) is 1. The molecule has 0 saturated heterocycles. The predicted molar refractivity (Wildman–Crippen MR) is 70.0 cm³/mol. The van der Waals surface area contributed by atoms with Gasteiger partial charge in [-0.15, -0.1) is 0 Å². The van der Waals surface area contributed by atoms with Gasteiger partial charge in [0.1, 0.15) is 5.75 Å². The molecule has 5 heteroatoms. The maximum absolute atomic E-state index is 8.66. The lowest BCUT2D eigenvalue weighted by Crippen LogP contribution is -2.14. The molecule has 5 nitrogen and oxygen atoms in total. The smallest absolute Gasteiger partial charge is 0.173 e. The number of hydrogen-bond donors (Lipinski definition) is 2. The van der Waals surface area contributed by atoms with Crippen molar-refractivity contribution in [3.05, 3.63) is 29.3 Å². The topological polar surface area (TPSA) is 77.1 Å². The molecule has 0 radical (unpaired) electrons. The number of nitrogens with two attached hydrogens (primary N) is 1. The third kappa shape index (κ3) is 3.92. The first-order valence-corrected chi connectivity index (χ1v) is 5.81. The minimum absolute atomic E-state index is 0.0292. The highest BCUT2D eigenvalue weighted by Gasteiger charge is 2.08. The first-order chi connectivity index (χ1) is 8.58. The van der Waals surface area contributed by atoms with Gasteiger partial charge in [-0.05, 0) is 23.6 Å². The molecule has 0 unspecified atom stereocenters. The summed E-state index contributed by atoms with van der Waals surface area (Å²) in [6, 6.07) is 5.45. The van der Waals surface area contributed by atoms with Crippen LogP contribution in [0.3, 0.4) is 0 Å². The molecule has 0 bridgehead atoms. The van der Waals surface area contributed by atoms with Crippen LogP contribution in [-0.4, -0.2) is 24.8 Å². The highest BCUT2D eigenvalue weighted by atomic mass is 16.5. The Kier molecular flexibility index (Phi) is 5.45. The van der Waals surface area contributed by atoms with Gasteiger partial charge in [-0.3, -0.25) is 0 Å². The van der Waals surface area contributed by atoms with Gasteiger partial charge in [0.2, 0.25) is 0 Å². The van der Waals surface area contributed by atoms with Gasteiger partial charge in [-0.1, -0.05) is 25.1 Å². The van der Waals surface area contributed by atoms with Crippen molar-refractivity contribution < 1.29 is 14.7 Å². The van der Waals surface area contributed by atoms with E-state index in [0.717, 1.165) is 5.56 Å². The van der Waals surface area contributed by atoms with Crippen molar-refractivity contribution in [3.63, 3.8) is 0 Å². The zero-order valence-electron chi connectivity index (χ0n) is 11.0. The second-order valence-electron chi connectivity index (χ2n) is 4.43. The van der Waals surface area contributed by atoms with Gasteiger partial charge >= 0.3 is 0 Å². The van der Waals surface area contributed by atoms with Crippen LogP contribution in [-0.2, 0) is 11.3 Å². The van der Waals surface area contributed by atoms with E-state index in [1.54, 1.807) is 13.2 Å². The molecule has 0 spiro atoms. The summed E-state index contributed by atoms with van der Waals surface area (Å²) in [6.45, 7) is 5.43. The van der Waals surface area contributed by atoms with E-state index in [1.807, 2.05) is 12.1 Å². The molecule has 0 atom stereocenters. The van der Waals surface area contributed by atoms with Crippen LogP contribution in [0.5, 0.6) is 5.75 Å². The summed E-state index contributed by atoms with van der Waals surface area (Å²) in [5, 5.41) is 11.6. The van der Waals surface area contributed by atoms with Gasteiger partial charge in [0.25, 0.3) is 0 Å². The van der Waals surface area contributed by atoms with E-state index in [9.17, 15) is 0 Å². The van der Waals surface area contributed by atoms with Crippen LogP contribution in [0.25, 0.3) is 0 Å². The Labute approximate surface area is 107 Å². The molecule has 1 rings (SSSR count). The van der Waals surface area contributed by atoms with Crippen molar-refractivity contribution in [2.75, 3.05) is 13.7 Å². The zero-order chi connectivity index (χ0) is 13.5. The molecule has 0 amide bonds. The zero-order valence-corrected chi connectivity index (χ0v) is 11.0. The SMILES string of the molecule is COc1cc(COCC(C)C)ccc1/C(N)=N/O. The van der Waals surface area contributed by atoms with E-state index in [-0.39, 0.29) is 5.84 Å². The molecule has 0 aliphatic heterocycles. The lowest BCUT2D eigenvalue weighted by Gasteiger charge is -2.11. The van der Waals surface area contributed by atoms with E-state index in [0.29, 0.717) is 30.4 Å². The molecule has 18 heavy (non-hydrogen) atoms. The van der Waals surface area contributed by atoms with Crippen molar-refractivity contribution in [1.29, 1.82) is 0 Å². The number of ether oxygens (including phenoxy) is 2. The highest BCUT2D eigenvalue weighted by molar-refractivity contribution is 5.99. The second kappa shape index (κ2) is 6.86. The quantitative estimate of drug-likeness (QED) is 0.351. The largest absolute Gasteiger partial charge is 0.496 e. The maximum Gasteiger partial charge on any atom is 0.173 e. The van der Waals surface area contributed by atoms with Gasteiger partial charge in [0.15, 0.2) is 5.84 Å². The van der Waals surface area contributed by atoms with Gasteiger partial charge in [0.05, 0.1) is 19.3 Å². The molecule has 0 fully saturated rings. The first-order valence-electron chi connectivity index (χ1n) is 5.81. The van der Waals surface area contributed by atoms with E-state index < -0.39 is 0 Å². The minimum Gasteiger partial charge on any atom is -0.496 e. The highest BCUT2D eigenvalue weighted by Crippen LogP contribution is 2.20. The van der Waals surface area contributed by atoms with E-state index in [2.05, 4.69) is 19.0 Å². The molecule has 100 valence electrons. The Morgan fingerprint density at radius 2 is 2.17 bits per heavy atom. The molecular formula is C13H20N2O3. The van der Waals surface area contributed by atoms with Crippen molar-refractivity contribution in [1.82, 2.24) is 0 Å².